The Hall–Kier alpha value is -3.46. The van der Waals surface area contributed by atoms with Gasteiger partial charge in [0.25, 0.3) is 5.91 Å². The number of nitrogens with one attached hydrogen (secondary N) is 2. The van der Waals surface area contributed by atoms with Crippen molar-refractivity contribution in [2.24, 2.45) is 5.92 Å². The van der Waals surface area contributed by atoms with E-state index >= 15 is 0 Å². The summed E-state index contributed by atoms with van der Waals surface area (Å²) in [6.07, 6.45) is -0.00143. The zero-order chi connectivity index (χ0) is 20.5. The Balaban J connectivity index is 1.38. The van der Waals surface area contributed by atoms with Crippen LogP contribution in [0, 0.1) is 5.92 Å². The van der Waals surface area contributed by atoms with E-state index in [9.17, 15) is 19.5 Å². The number of nitrogens with zero attached hydrogens (tertiary/aromatic N) is 1. The minimum Gasteiger partial charge on any atom is -0.507 e. The molecule has 0 aliphatic carbocycles. The molecule has 0 radical (unpaired) electrons. The first kappa shape index (κ1) is 18.9. The molecule has 29 heavy (non-hydrogen) atoms. The highest BCUT2D eigenvalue weighted by atomic mass is 35.5. The number of ether oxygens (including phenoxy) is 2. The molecule has 9 nitrogen and oxygen atoms in total. The lowest BCUT2D eigenvalue weighted by molar-refractivity contribution is -0.126. The molecular formula is C19H16ClN3O6. The van der Waals surface area contributed by atoms with Crippen LogP contribution < -0.4 is 25.2 Å². The zero-order valence-corrected chi connectivity index (χ0v) is 15.7. The summed E-state index contributed by atoms with van der Waals surface area (Å²) in [5.74, 6) is -1.25. The molecule has 10 heteroatoms. The molecule has 1 unspecified atom stereocenters. The van der Waals surface area contributed by atoms with Crippen molar-refractivity contribution in [1.29, 1.82) is 0 Å². The molecule has 2 aromatic carbocycles. The van der Waals surface area contributed by atoms with Gasteiger partial charge < -0.3 is 19.5 Å². The Morgan fingerprint density at radius 1 is 1.10 bits per heavy atom. The standard InChI is InChI=1S/C19H16ClN3O6/c20-11-1-3-14(24)13(6-11)19(27)22-21-18(26)10-5-17(25)23(8-10)12-2-4-15-16(7-12)29-9-28-15/h1-4,6-7,10,24H,5,8-9H2,(H,21,26)(H,22,27). The van der Waals surface area contributed by atoms with E-state index in [4.69, 9.17) is 21.1 Å². The number of rotatable bonds is 3. The molecule has 1 atom stereocenters. The van der Waals surface area contributed by atoms with Crippen LogP contribution in [0.3, 0.4) is 0 Å². The molecule has 4 rings (SSSR count). The average molecular weight is 418 g/mol. The summed E-state index contributed by atoms with van der Waals surface area (Å²) in [6, 6.07) is 9.09. The molecule has 150 valence electrons. The highest BCUT2D eigenvalue weighted by Crippen LogP contribution is 2.37. The summed E-state index contributed by atoms with van der Waals surface area (Å²) in [5.41, 5.74) is 5.03. The SMILES string of the molecule is O=C(NNC(=O)C1CC(=O)N(c2ccc3c(c2)OCO3)C1)c1cc(Cl)ccc1O. The van der Waals surface area contributed by atoms with Gasteiger partial charge in [-0.05, 0) is 30.3 Å². The lowest BCUT2D eigenvalue weighted by Gasteiger charge is -2.17. The Bertz CT molecular complexity index is 1010. The van der Waals surface area contributed by atoms with E-state index in [2.05, 4.69) is 10.9 Å². The van der Waals surface area contributed by atoms with E-state index in [0.717, 1.165) is 0 Å². The second kappa shape index (κ2) is 7.51. The van der Waals surface area contributed by atoms with Gasteiger partial charge in [-0.25, -0.2) is 0 Å². The van der Waals surface area contributed by atoms with Crippen molar-refractivity contribution in [1.82, 2.24) is 10.9 Å². The number of carbonyl (C=O) groups is 3. The monoisotopic (exact) mass is 417 g/mol. The molecule has 0 saturated carbocycles. The molecule has 0 aromatic heterocycles. The number of hydrogen-bond acceptors (Lipinski definition) is 6. The number of benzene rings is 2. The number of hydrazine groups is 1. The van der Waals surface area contributed by atoms with Gasteiger partial charge in [0, 0.05) is 29.7 Å². The molecule has 2 heterocycles. The van der Waals surface area contributed by atoms with Crippen LogP contribution in [0.4, 0.5) is 5.69 Å². The third-order valence-electron chi connectivity index (χ3n) is 4.67. The predicted octanol–water partition coefficient (Wildman–Crippen LogP) is 1.59. The molecule has 0 spiro atoms. The summed E-state index contributed by atoms with van der Waals surface area (Å²) in [5, 5.41) is 10.0. The zero-order valence-electron chi connectivity index (χ0n) is 15.0. The Morgan fingerprint density at radius 2 is 1.90 bits per heavy atom. The highest BCUT2D eigenvalue weighted by molar-refractivity contribution is 6.31. The third kappa shape index (κ3) is 3.77. The van der Waals surface area contributed by atoms with Gasteiger partial charge in [-0.3, -0.25) is 25.2 Å². The van der Waals surface area contributed by atoms with E-state index in [1.807, 2.05) is 0 Å². The van der Waals surface area contributed by atoms with Crippen molar-refractivity contribution in [3.05, 3.63) is 47.0 Å². The van der Waals surface area contributed by atoms with E-state index in [1.165, 1.54) is 23.1 Å². The summed E-state index contributed by atoms with van der Waals surface area (Å²) in [7, 11) is 0. The van der Waals surface area contributed by atoms with Crippen LogP contribution in [-0.2, 0) is 9.59 Å². The number of halogens is 1. The second-order valence-corrected chi connectivity index (χ2v) is 6.98. The highest BCUT2D eigenvalue weighted by Gasteiger charge is 2.36. The average Bonchev–Trinajstić information content (AvgIpc) is 3.33. The lowest BCUT2D eigenvalue weighted by Crippen LogP contribution is -2.45. The van der Waals surface area contributed by atoms with E-state index in [0.29, 0.717) is 17.2 Å². The van der Waals surface area contributed by atoms with E-state index in [1.54, 1.807) is 18.2 Å². The van der Waals surface area contributed by atoms with Crippen molar-refractivity contribution < 1.29 is 29.0 Å². The number of phenols is 1. The van der Waals surface area contributed by atoms with Gasteiger partial charge in [0.1, 0.15) is 5.75 Å². The minimum atomic E-state index is -0.727. The van der Waals surface area contributed by atoms with Gasteiger partial charge >= 0.3 is 0 Å². The summed E-state index contributed by atoms with van der Waals surface area (Å²) < 4.78 is 10.6. The van der Waals surface area contributed by atoms with E-state index in [-0.39, 0.29) is 42.0 Å². The largest absolute Gasteiger partial charge is 0.507 e. The first-order valence-corrected chi connectivity index (χ1v) is 9.09. The van der Waals surface area contributed by atoms with Gasteiger partial charge in [-0.1, -0.05) is 11.6 Å². The Kier molecular flexibility index (Phi) is 4.89. The number of amides is 3. The number of hydrogen-bond donors (Lipinski definition) is 3. The van der Waals surface area contributed by atoms with Crippen LogP contribution >= 0.6 is 11.6 Å². The van der Waals surface area contributed by atoms with Crippen LogP contribution in [0.5, 0.6) is 17.2 Å². The first-order valence-electron chi connectivity index (χ1n) is 8.71. The van der Waals surface area contributed by atoms with Crippen molar-refractivity contribution in [3.8, 4) is 17.2 Å². The molecule has 3 N–H and O–H groups in total. The van der Waals surface area contributed by atoms with E-state index < -0.39 is 17.7 Å². The molecule has 1 saturated heterocycles. The van der Waals surface area contributed by atoms with Gasteiger partial charge in [-0.2, -0.15) is 0 Å². The van der Waals surface area contributed by atoms with Crippen LogP contribution in [0.15, 0.2) is 36.4 Å². The number of phenolic OH excluding ortho intramolecular Hbond substituents is 1. The quantitative estimate of drug-likeness (QED) is 0.653. The van der Waals surface area contributed by atoms with Crippen molar-refractivity contribution in [2.75, 3.05) is 18.2 Å². The number of anilines is 1. The van der Waals surface area contributed by atoms with Gasteiger partial charge in [0.15, 0.2) is 11.5 Å². The van der Waals surface area contributed by atoms with Crippen molar-refractivity contribution in [3.63, 3.8) is 0 Å². The molecule has 3 amide bonds. The predicted molar refractivity (Wildman–Crippen MR) is 102 cm³/mol. The summed E-state index contributed by atoms with van der Waals surface area (Å²) in [4.78, 5) is 38.4. The maximum Gasteiger partial charge on any atom is 0.273 e. The fraction of sp³-hybridized carbons (Fsp3) is 0.211. The molecule has 2 aromatic rings. The third-order valence-corrected chi connectivity index (χ3v) is 4.90. The van der Waals surface area contributed by atoms with Crippen LogP contribution in [0.25, 0.3) is 0 Å². The van der Waals surface area contributed by atoms with Crippen LogP contribution in [0.2, 0.25) is 5.02 Å². The van der Waals surface area contributed by atoms with Crippen LogP contribution in [0.1, 0.15) is 16.8 Å². The summed E-state index contributed by atoms with van der Waals surface area (Å²) in [6.45, 7) is 0.280. The summed E-state index contributed by atoms with van der Waals surface area (Å²) >= 11 is 5.81. The van der Waals surface area contributed by atoms with Crippen LogP contribution in [-0.4, -0.2) is 36.2 Å². The number of fused-ring (bicyclic) bond motifs is 1. The van der Waals surface area contributed by atoms with Gasteiger partial charge in [0.05, 0.1) is 11.5 Å². The van der Waals surface area contributed by atoms with Crippen molar-refractivity contribution >= 4 is 35.0 Å². The number of aromatic hydroxyl groups is 1. The Morgan fingerprint density at radius 3 is 2.72 bits per heavy atom. The fourth-order valence-corrected chi connectivity index (χ4v) is 3.34. The molecule has 2 aliphatic heterocycles. The topological polar surface area (TPSA) is 117 Å². The normalized spacial score (nSPS) is 17.3. The fourth-order valence-electron chi connectivity index (χ4n) is 3.16. The maximum absolute atomic E-state index is 12.4. The maximum atomic E-state index is 12.4. The van der Waals surface area contributed by atoms with Crippen molar-refractivity contribution in [2.45, 2.75) is 6.42 Å². The van der Waals surface area contributed by atoms with Gasteiger partial charge in [0.2, 0.25) is 18.6 Å². The lowest BCUT2D eigenvalue weighted by atomic mass is 10.1. The molecular weight excluding hydrogens is 402 g/mol. The molecule has 2 aliphatic rings. The molecule has 1 fully saturated rings. The molecule has 0 bridgehead atoms. The number of carbonyl (C=O) groups excluding carboxylic acids is 3. The smallest absolute Gasteiger partial charge is 0.273 e. The minimum absolute atomic E-state index is 0.00143. The Labute approximate surface area is 170 Å². The first-order chi connectivity index (χ1) is 13.9. The van der Waals surface area contributed by atoms with Gasteiger partial charge in [-0.15, -0.1) is 0 Å². The second-order valence-electron chi connectivity index (χ2n) is 6.55.